The van der Waals surface area contributed by atoms with Crippen molar-refractivity contribution in [3.63, 3.8) is 0 Å². The molecule has 6 nitrogen and oxygen atoms in total. The van der Waals surface area contributed by atoms with Crippen molar-refractivity contribution in [1.82, 2.24) is 9.97 Å². The number of hydrogen-bond acceptors (Lipinski definition) is 6. The maximum atomic E-state index is 5.10. The van der Waals surface area contributed by atoms with Crippen LogP contribution in [-0.2, 0) is 0 Å². The van der Waals surface area contributed by atoms with Crippen molar-refractivity contribution in [1.29, 1.82) is 0 Å². The molecule has 0 aliphatic carbocycles. The zero-order valence-electron chi connectivity index (χ0n) is 23.5. The summed E-state index contributed by atoms with van der Waals surface area (Å²) in [4.78, 5) is 17.7. The van der Waals surface area contributed by atoms with E-state index in [0.29, 0.717) is 11.8 Å². The molecule has 0 fully saturated rings. The molecule has 0 unspecified atom stereocenters. The molecule has 38 heavy (non-hydrogen) atoms. The Morgan fingerprint density at radius 1 is 0.553 bits per heavy atom. The van der Waals surface area contributed by atoms with Gasteiger partial charge in [0.25, 0.3) is 0 Å². The SMILES string of the molecule is COc1cccc(C=Nc2c(C)cc(C)cc2C)n1.COc1cccc(C=Nc2c(C)cc(C)cc2C)n1. The van der Waals surface area contributed by atoms with E-state index in [9.17, 15) is 0 Å². The van der Waals surface area contributed by atoms with Crippen LogP contribution in [0.15, 0.2) is 70.6 Å². The Morgan fingerprint density at radius 3 is 1.21 bits per heavy atom. The van der Waals surface area contributed by atoms with Crippen LogP contribution in [0.5, 0.6) is 11.8 Å². The lowest BCUT2D eigenvalue weighted by atomic mass is 10.1. The van der Waals surface area contributed by atoms with Crippen LogP contribution in [0.25, 0.3) is 0 Å². The lowest BCUT2D eigenvalue weighted by Crippen LogP contribution is -1.92. The van der Waals surface area contributed by atoms with Gasteiger partial charge in [-0.3, -0.25) is 9.98 Å². The number of benzene rings is 2. The lowest BCUT2D eigenvalue weighted by Gasteiger charge is -2.06. The van der Waals surface area contributed by atoms with Crippen LogP contribution in [0.3, 0.4) is 0 Å². The Kier molecular flexibility index (Phi) is 9.88. The van der Waals surface area contributed by atoms with Gasteiger partial charge in [0.05, 0.1) is 49.4 Å². The molecule has 0 bridgehead atoms. The number of aryl methyl sites for hydroxylation is 6. The molecular weight excluding hydrogens is 472 g/mol. The van der Waals surface area contributed by atoms with Gasteiger partial charge in [0, 0.05) is 12.1 Å². The number of hydrogen-bond donors (Lipinski definition) is 0. The number of aliphatic imine (C=N–C) groups is 2. The molecule has 0 spiro atoms. The summed E-state index contributed by atoms with van der Waals surface area (Å²) in [6.45, 7) is 12.5. The molecule has 0 atom stereocenters. The molecule has 0 amide bonds. The fraction of sp³-hybridized carbons (Fsp3) is 0.250. The molecule has 2 aromatic heterocycles. The predicted octanol–water partition coefficient (Wildman–Crippen LogP) is 7.53. The average molecular weight is 509 g/mol. The molecule has 0 N–H and O–H groups in total. The Labute approximate surface area is 226 Å². The number of ether oxygens (including phenoxy) is 2. The van der Waals surface area contributed by atoms with E-state index in [2.05, 4.69) is 85.8 Å². The number of rotatable bonds is 6. The van der Waals surface area contributed by atoms with E-state index in [4.69, 9.17) is 9.47 Å². The van der Waals surface area contributed by atoms with E-state index in [1.807, 2.05) is 36.4 Å². The lowest BCUT2D eigenvalue weighted by molar-refractivity contribution is 0.397. The fourth-order valence-corrected chi connectivity index (χ4v) is 4.25. The molecule has 6 heteroatoms. The molecule has 2 aromatic carbocycles. The summed E-state index contributed by atoms with van der Waals surface area (Å²) in [5, 5.41) is 0. The summed E-state index contributed by atoms with van der Waals surface area (Å²) in [6, 6.07) is 19.8. The number of nitrogens with zero attached hydrogens (tertiary/aromatic N) is 4. The van der Waals surface area contributed by atoms with Gasteiger partial charge in [-0.15, -0.1) is 0 Å². The minimum atomic E-state index is 0.598. The monoisotopic (exact) mass is 508 g/mol. The highest BCUT2D eigenvalue weighted by molar-refractivity contribution is 5.81. The average Bonchev–Trinajstić information content (AvgIpc) is 2.88. The fourth-order valence-electron chi connectivity index (χ4n) is 4.25. The summed E-state index contributed by atoms with van der Waals surface area (Å²) in [5.74, 6) is 1.20. The van der Waals surface area contributed by atoms with Crippen molar-refractivity contribution < 1.29 is 9.47 Å². The maximum Gasteiger partial charge on any atom is 0.213 e. The van der Waals surface area contributed by atoms with Crippen molar-refractivity contribution in [3.05, 3.63) is 105 Å². The molecule has 4 aromatic rings. The van der Waals surface area contributed by atoms with E-state index in [1.165, 1.54) is 33.4 Å². The first-order valence-corrected chi connectivity index (χ1v) is 12.5. The van der Waals surface area contributed by atoms with Crippen molar-refractivity contribution in [2.45, 2.75) is 41.5 Å². The normalized spacial score (nSPS) is 10.9. The van der Waals surface area contributed by atoms with E-state index in [-0.39, 0.29) is 0 Å². The summed E-state index contributed by atoms with van der Waals surface area (Å²) < 4.78 is 10.2. The summed E-state index contributed by atoms with van der Waals surface area (Å²) >= 11 is 0. The molecule has 0 saturated carbocycles. The van der Waals surface area contributed by atoms with Gasteiger partial charge < -0.3 is 9.47 Å². The second-order valence-electron chi connectivity index (χ2n) is 9.22. The zero-order chi connectivity index (χ0) is 27.7. The highest BCUT2D eigenvalue weighted by atomic mass is 16.5. The van der Waals surface area contributed by atoms with Gasteiger partial charge in [-0.2, -0.15) is 0 Å². The first-order valence-electron chi connectivity index (χ1n) is 12.5. The number of aromatic nitrogens is 2. The minimum Gasteiger partial charge on any atom is -0.481 e. The van der Waals surface area contributed by atoms with Gasteiger partial charge in [0.15, 0.2) is 0 Å². The van der Waals surface area contributed by atoms with Crippen molar-refractivity contribution in [3.8, 4) is 11.8 Å². The Morgan fingerprint density at radius 2 is 0.895 bits per heavy atom. The molecule has 196 valence electrons. The van der Waals surface area contributed by atoms with Crippen LogP contribution >= 0.6 is 0 Å². The standard InChI is InChI=1S/2C16H18N2O/c2*1-11-8-12(2)16(13(3)9-11)17-10-14-6-5-7-15(18-14)19-4/h2*5-10H,1-4H3. The zero-order valence-corrected chi connectivity index (χ0v) is 23.5. The molecule has 4 rings (SSSR count). The van der Waals surface area contributed by atoms with E-state index < -0.39 is 0 Å². The summed E-state index contributed by atoms with van der Waals surface area (Å²) in [5.41, 5.74) is 10.8. The Hall–Kier alpha value is -4.32. The van der Waals surface area contributed by atoms with Gasteiger partial charge in [-0.25, -0.2) is 9.97 Å². The number of methoxy groups -OCH3 is 2. The minimum absolute atomic E-state index is 0.598. The van der Waals surface area contributed by atoms with Crippen LogP contribution < -0.4 is 9.47 Å². The van der Waals surface area contributed by atoms with E-state index >= 15 is 0 Å². The van der Waals surface area contributed by atoms with Gasteiger partial charge in [-0.05, 0) is 75.9 Å². The van der Waals surface area contributed by atoms with Gasteiger partial charge >= 0.3 is 0 Å². The van der Waals surface area contributed by atoms with Crippen LogP contribution in [0.2, 0.25) is 0 Å². The van der Waals surface area contributed by atoms with E-state index in [1.54, 1.807) is 26.6 Å². The molecule has 2 heterocycles. The first kappa shape index (κ1) is 28.3. The van der Waals surface area contributed by atoms with Crippen LogP contribution in [0, 0.1) is 41.5 Å². The highest BCUT2D eigenvalue weighted by Crippen LogP contribution is 2.26. The maximum absolute atomic E-state index is 5.10. The van der Waals surface area contributed by atoms with Crippen molar-refractivity contribution >= 4 is 23.8 Å². The van der Waals surface area contributed by atoms with Gasteiger partial charge in [-0.1, -0.05) is 47.5 Å². The third kappa shape index (κ3) is 7.84. The second kappa shape index (κ2) is 13.3. The van der Waals surface area contributed by atoms with E-state index in [0.717, 1.165) is 22.8 Å². The smallest absolute Gasteiger partial charge is 0.213 e. The largest absolute Gasteiger partial charge is 0.481 e. The molecular formula is C32H36N4O2. The van der Waals surface area contributed by atoms with Crippen LogP contribution in [0.1, 0.15) is 44.8 Å². The second-order valence-corrected chi connectivity index (χ2v) is 9.22. The predicted molar refractivity (Wildman–Crippen MR) is 157 cm³/mol. The number of pyridine rings is 2. The molecule has 0 aliphatic rings. The van der Waals surface area contributed by atoms with Crippen LogP contribution in [-0.4, -0.2) is 36.6 Å². The quantitative estimate of drug-likeness (QED) is 0.252. The first-order chi connectivity index (χ1) is 18.2. The van der Waals surface area contributed by atoms with Gasteiger partial charge in [0.2, 0.25) is 11.8 Å². The van der Waals surface area contributed by atoms with Crippen molar-refractivity contribution in [2.75, 3.05) is 14.2 Å². The third-order valence-electron chi connectivity index (χ3n) is 5.83. The summed E-state index contributed by atoms with van der Waals surface area (Å²) in [7, 11) is 3.22. The van der Waals surface area contributed by atoms with Crippen molar-refractivity contribution in [2.24, 2.45) is 9.98 Å². The molecule has 0 aliphatic heterocycles. The van der Waals surface area contributed by atoms with Gasteiger partial charge in [0.1, 0.15) is 0 Å². The summed E-state index contributed by atoms with van der Waals surface area (Å²) in [6.07, 6.45) is 3.54. The Bertz CT molecular complexity index is 1300. The Balaban J connectivity index is 0.000000211. The molecule has 0 radical (unpaired) electrons. The van der Waals surface area contributed by atoms with Crippen LogP contribution in [0.4, 0.5) is 11.4 Å². The molecule has 0 saturated heterocycles. The topological polar surface area (TPSA) is 69.0 Å². The third-order valence-corrected chi connectivity index (χ3v) is 5.83. The highest BCUT2D eigenvalue weighted by Gasteiger charge is 2.03.